The van der Waals surface area contributed by atoms with E-state index in [-0.39, 0.29) is 32.3 Å². The molecule has 2 aromatic heterocycles. The quantitative estimate of drug-likeness (QED) is 0.579. The van der Waals surface area contributed by atoms with Crippen molar-refractivity contribution in [2.45, 2.75) is 23.6 Å². The lowest BCUT2D eigenvalue weighted by molar-refractivity contribution is 0.599. The Hall–Kier alpha value is -2.70. The number of rotatable bonds is 6. The lowest BCUT2D eigenvalue weighted by atomic mass is 10.3. The van der Waals surface area contributed by atoms with E-state index in [2.05, 4.69) is 24.5 Å². The molecule has 0 aliphatic rings. The minimum absolute atomic E-state index is 0.0310. The Morgan fingerprint density at radius 1 is 0.966 bits per heavy atom. The van der Waals surface area contributed by atoms with Gasteiger partial charge in [-0.3, -0.25) is 9.40 Å². The minimum atomic E-state index is -4.01. The zero-order chi connectivity index (χ0) is 21.4. The fourth-order valence-corrected chi connectivity index (χ4v) is 5.26. The maximum atomic E-state index is 12.6. The highest BCUT2D eigenvalue weighted by Gasteiger charge is 2.25. The van der Waals surface area contributed by atoms with Crippen molar-refractivity contribution in [2.75, 3.05) is 9.44 Å². The number of benzene rings is 1. The second-order valence-corrected chi connectivity index (χ2v) is 9.75. The third kappa shape index (κ3) is 4.49. The van der Waals surface area contributed by atoms with Crippen LogP contribution in [0.5, 0.6) is 0 Å². The minimum Gasteiger partial charge on any atom is -0.279 e. The highest BCUT2D eigenvalue weighted by molar-refractivity contribution is 7.93. The maximum absolute atomic E-state index is 12.6. The second-order valence-electron chi connectivity index (χ2n) is 6.09. The van der Waals surface area contributed by atoms with Crippen LogP contribution in [0.3, 0.4) is 0 Å². The summed E-state index contributed by atoms with van der Waals surface area (Å²) in [4.78, 5) is 7.62. The Morgan fingerprint density at radius 2 is 1.62 bits per heavy atom. The standard InChI is InChI=1S/C16H17ClN6O4S2/c1-10-8-9-18-16(19-10)22-28(24,25)13-6-4-12(5-7-13)21-29(26,27)14-11(2)20-23(3)15(14)17/h4-9,21H,1-3H3,(H,18,19,22). The van der Waals surface area contributed by atoms with E-state index in [1.54, 1.807) is 13.0 Å². The van der Waals surface area contributed by atoms with Gasteiger partial charge in [-0.05, 0) is 44.2 Å². The third-order valence-corrected chi connectivity index (χ3v) is 7.23. The number of hydrogen-bond donors (Lipinski definition) is 2. The summed E-state index contributed by atoms with van der Waals surface area (Å²) >= 11 is 6.02. The number of hydrogen-bond acceptors (Lipinski definition) is 7. The molecule has 0 radical (unpaired) electrons. The molecular formula is C16H17ClN6O4S2. The van der Waals surface area contributed by atoms with Crippen LogP contribution in [-0.4, -0.2) is 36.6 Å². The van der Waals surface area contributed by atoms with E-state index in [1.165, 1.54) is 49.1 Å². The molecule has 0 spiro atoms. The van der Waals surface area contributed by atoms with Crippen molar-refractivity contribution in [3.63, 3.8) is 0 Å². The fraction of sp³-hybridized carbons (Fsp3) is 0.188. The van der Waals surface area contributed by atoms with Gasteiger partial charge >= 0.3 is 0 Å². The van der Waals surface area contributed by atoms with Crippen molar-refractivity contribution in [3.8, 4) is 0 Å². The number of aryl methyl sites for hydroxylation is 3. The Kier molecular flexibility index (Phi) is 5.52. The number of sulfonamides is 2. The molecule has 1 aromatic carbocycles. The predicted molar refractivity (Wildman–Crippen MR) is 108 cm³/mol. The zero-order valence-corrected chi connectivity index (χ0v) is 18.0. The predicted octanol–water partition coefficient (Wildman–Crippen LogP) is 2.08. The molecule has 0 amide bonds. The molecule has 0 fully saturated rings. The Bertz CT molecular complexity index is 1270. The second kappa shape index (κ2) is 7.61. The molecule has 0 saturated carbocycles. The van der Waals surface area contributed by atoms with Crippen molar-refractivity contribution in [3.05, 3.63) is 53.1 Å². The van der Waals surface area contributed by atoms with E-state index in [9.17, 15) is 16.8 Å². The van der Waals surface area contributed by atoms with Crippen molar-refractivity contribution in [2.24, 2.45) is 7.05 Å². The van der Waals surface area contributed by atoms with Gasteiger partial charge in [0, 0.05) is 24.6 Å². The van der Waals surface area contributed by atoms with Crippen LogP contribution < -0.4 is 9.44 Å². The van der Waals surface area contributed by atoms with Crippen molar-refractivity contribution < 1.29 is 16.8 Å². The molecule has 3 aromatic rings. The number of nitrogens with one attached hydrogen (secondary N) is 2. The summed E-state index contributed by atoms with van der Waals surface area (Å²) < 4.78 is 56.0. The first-order chi connectivity index (χ1) is 13.5. The van der Waals surface area contributed by atoms with Gasteiger partial charge in [0.15, 0.2) is 0 Å². The van der Waals surface area contributed by atoms with Gasteiger partial charge < -0.3 is 0 Å². The van der Waals surface area contributed by atoms with Gasteiger partial charge in [-0.1, -0.05) is 11.6 Å². The molecule has 0 saturated heterocycles. The average molecular weight is 457 g/mol. The largest absolute Gasteiger partial charge is 0.279 e. The van der Waals surface area contributed by atoms with Crippen LogP contribution in [-0.2, 0) is 27.1 Å². The van der Waals surface area contributed by atoms with E-state index in [0.29, 0.717) is 5.69 Å². The van der Waals surface area contributed by atoms with Gasteiger partial charge in [0.1, 0.15) is 10.0 Å². The maximum Gasteiger partial charge on any atom is 0.266 e. The van der Waals surface area contributed by atoms with Crippen LogP contribution in [0.25, 0.3) is 0 Å². The monoisotopic (exact) mass is 456 g/mol. The molecule has 154 valence electrons. The molecular weight excluding hydrogens is 440 g/mol. The molecule has 3 rings (SSSR count). The Labute approximate surface area is 173 Å². The van der Waals surface area contributed by atoms with Crippen LogP contribution in [0, 0.1) is 13.8 Å². The fourth-order valence-electron chi connectivity index (χ4n) is 2.50. The first-order valence-electron chi connectivity index (χ1n) is 8.14. The Balaban J connectivity index is 1.83. The van der Waals surface area contributed by atoms with Gasteiger partial charge in [-0.15, -0.1) is 0 Å². The van der Waals surface area contributed by atoms with Crippen molar-refractivity contribution in [1.29, 1.82) is 0 Å². The molecule has 0 unspecified atom stereocenters. The van der Waals surface area contributed by atoms with E-state index >= 15 is 0 Å². The van der Waals surface area contributed by atoms with Gasteiger partial charge in [0.25, 0.3) is 20.0 Å². The topological polar surface area (TPSA) is 136 Å². The molecule has 2 N–H and O–H groups in total. The van der Waals surface area contributed by atoms with E-state index < -0.39 is 20.0 Å². The molecule has 0 atom stereocenters. The first-order valence-corrected chi connectivity index (χ1v) is 11.5. The number of aromatic nitrogens is 4. The molecule has 10 nitrogen and oxygen atoms in total. The highest BCUT2D eigenvalue weighted by Crippen LogP contribution is 2.26. The van der Waals surface area contributed by atoms with E-state index in [1.807, 2.05) is 0 Å². The molecule has 0 bridgehead atoms. The van der Waals surface area contributed by atoms with Crippen molar-refractivity contribution in [1.82, 2.24) is 19.7 Å². The highest BCUT2D eigenvalue weighted by atomic mass is 35.5. The van der Waals surface area contributed by atoms with Crippen LogP contribution >= 0.6 is 11.6 Å². The summed E-state index contributed by atoms with van der Waals surface area (Å²) in [7, 11) is -6.42. The van der Waals surface area contributed by atoms with Crippen molar-refractivity contribution >= 4 is 43.3 Å². The van der Waals surface area contributed by atoms with Gasteiger partial charge in [0.05, 0.1) is 10.6 Å². The SMILES string of the molecule is Cc1ccnc(NS(=O)(=O)c2ccc(NS(=O)(=O)c3c(C)nn(C)c3Cl)cc2)n1. The summed E-state index contributed by atoms with van der Waals surface area (Å²) in [5.41, 5.74) is 1.01. The molecule has 13 heteroatoms. The summed E-state index contributed by atoms with van der Waals surface area (Å²) in [5.74, 6) is -0.0588. The lowest BCUT2D eigenvalue weighted by Crippen LogP contribution is -2.16. The van der Waals surface area contributed by atoms with Crippen LogP contribution in [0.1, 0.15) is 11.4 Å². The number of nitrogens with zero attached hydrogens (tertiary/aromatic N) is 4. The summed E-state index contributed by atoms with van der Waals surface area (Å²) in [6.45, 7) is 3.23. The lowest BCUT2D eigenvalue weighted by Gasteiger charge is -2.10. The number of anilines is 2. The van der Waals surface area contributed by atoms with Gasteiger partial charge in [0.2, 0.25) is 5.95 Å². The zero-order valence-electron chi connectivity index (χ0n) is 15.6. The third-order valence-electron chi connectivity index (χ3n) is 3.81. The van der Waals surface area contributed by atoms with Gasteiger partial charge in [-0.2, -0.15) is 5.10 Å². The first kappa shape index (κ1) is 21.0. The molecule has 0 aliphatic heterocycles. The molecule has 29 heavy (non-hydrogen) atoms. The van der Waals surface area contributed by atoms with Crippen LogP contribution in [0.2, 0.25) is 5.15 Å². The summed E-state index contributed by atoms with van der Waals surface area (Å²) in [6.07, 6.45) is 1.43. The number of halogens is 1. The molecule has 0 aliphatic carbocycles. The van der Waals surface area contributed by atoms with Crippen LogP contribution in [0.15, 0.2) is 46.3 Å². The summed E-state index contributed by atoms with van der Waals surface area (Å²) in [5, 5.41) is 3.95. The smallest absolute Gasteiger partial charge is 0.266 e. The summed E-state index contributed by atoms with van der Waals surface area (Å²) in [6, 6.07) is 6.79. The Morgan fingerprint density at radius 3 is 2.17 bits per heavy atom. The van der Waals surface area contributed by atoms with Crippen LogP contribution in [0.4, 0.5) is 11.6 Å². The van der Waals surface area contributed by atoms with E-state index in [4.69, 9.17) is 11.6 Å². The van der Waals surface area contributed by atoms with E-state index in [0.717, 1.165) is 0 Å². The normalized spacial score (nSPS) is 12.0. The average Bonchev–Trinajstić information content (AvgIpc) is 2.87. The van der Waals surface area contributed by atoms with Gasteiger partial charge in [-0.25, -0.2) is 31.5 Å². The molecule has 2 heterocycles.